The minimum Gasteiger partial charge on any atom is -0.350 e. The Hall–Kier alpha value is -1.89. The van der Waals surface area contributed by atoms with Gasteiger partial charge in [0.25, 0.3) is 5.91 Å². The zero-order valence-corrected chi connectivity index (χ0v) is 12.5. The van der Waals surface area contributed by atoms with E-state index in [1.54, 1.807) is 4.90 Å². The number of H-pyrrole nitrogens is 1. The number of carbonyl (C=O) groups is 2. The molecule has 0 bridgehead atoms. The maximum Gasteiger partial charge on any atom is 0.275 e. The Kier molecular flexibility index (Phi) is 3.37. The summed E-state index contributed by atoms with van der Waals surface area (Å²) in [7, 11) is 0. The summed E-state index contributed by atoms with van der Waals surface area (Å²) in [6.07, 6.45) is 5.01. The van der Waals surface area contributed by atoms with E-state index in [1.165, 1.54) is 0 Å². The lowest BCUT2D eigenvalue weighted by atomic mass is 9.87. The van der Waals surface area contributed by atoms with Crippen molar-refractivity contribution in [2.45, 2.75) is 50.7 Å². The highest BCUT2D eigenvalue weighted by molar-refractivity contribution is 5.97. The molecule has 1 aliphatic carbocycles. The second kappa shape index (κ2) is 5.39. The Morgan fingerprint density at radius 1 is 1.27 bits per heavy atom. The van der Waals surface area contributed by atoms with E-state index in [0.29, 0.717) is 12.2 Å². The van der Waals surface area contributed by atoms with Crippen molar-refractivity contribution >= 4 is 11.8 Å². The molecule has 7 heteroatoms. The summed E-state index contributed by atoms with van der Waals surface area (Å²) in [4.78, 5) is 26.7. The molecule has 4 rings (SSSR count). The predicted octanol–water partition coefficient (Wildman–Crippen LogP) is -0.0614. The van der Waals surface area contributed by atoms with Crippen molar-refractivity contribution in [1.29, 1.82) is 0 Å². The molecule has 118 valence electrons. The molecule has 22 heavy (non-hydrogen) atoms. The van der Waals surface area contributed by atoms with E-state index in [9.17, 15) is 9.59 Å². The molecule has 0 spiro atoms. The number of nitrogens with zero attached hydrogens (tertiary/aromatic N) is 2. The molecule has 2 amide bonds. The van der Waals surface area contributed by atoms with Crippen LogP contribution in [0.3, 0.4) is 0 Å². The van der Waals surface area contributed by atoms with Crippen molar-refractivity contribution in [2.75, 3.05) is 13.1 Å². The smallest absolute Gasteiger partial charge is 0.275 e. The van der Waals surface area contributed by atoms with Crippen LogP contribution in [0.25, 0.3) is 0 Å². The summed E-state index contributed by atoms with van der Waals surface area (Å²) in [5, 5.41) is 13.6. The van der Waals surface area contributed by atoms with Crippen molar-refractivity contribution in [3.63, 3.8) is 0 Å². The van der Waals surface area contributed by atoms with Gasteiger partial charge in [-0.3, -0.25) is 14.7 Å². The van der Waals surface area contributed by atoms with E-state index in [0.717, 1.165) is 49.9 Å². The summed E-state index contributed by atoms with van der Waals surface area (Å²) >= 11 is 0. The fourth-order valence-electron chi connectivity index (χ4n) is 3.94. The quantitative estimate of drug-likeness (QED) is 0.678. The number of amides is 2. The van der Waals surface area contributed by atoms with Gasteiger partial charge in [-0.05, 0) is 12.8 Å². The van der Waals surface area contributed by atoms with Gasteiger partial charge >= 0.3 is 0 Å². The third-order valence-electron chi connectivity index (χ3n) is 5.06. The SMILES string of the molecule is O=C1CN(C(=O)c2n[nH]c3c2CNCC3)[C@H]2CCCC[C@@H]2N1. The Labute approximate surface area is 128 Å². The van der Waals surface area contributed by atoms with Crippen LogP contribution in [0.5, 0.6) is 0 Å². The normalized spacial score (nSPS) is 27.8. The van der Waals surface area contributed by atoms with E-state index in [1.807, 2.05) is 0 Å². The highest BCUT2D eigenvalue weighted by Gasteiger charge is 2.40. The Balaban J connectivity index is 1.63. The average molecular weight is 303 g/mol. The maximum atomic E-state index is 13.0. The molecule has 2 fully saturated rings. The third-order valence-corrected chi connectivity index (χ3v) is 5.06. The summed E-state index contributed by atoms with van der Waals surface area (Å²) in [6.45, 7) is 1.72. The molecule has 2 aliphatic heterocycles. The first-order valence-electron chi connectivity index (χ1n) is 8.11. The number of aromatic nitrogens is 2. The fraction of sp³-hybridized carbons (Fsp3) is 0.667. The van der Waals surface area contributed by atoms with Gasteiger partial charge < -0.3 is 15.5 Å². The molecule has 0 radical (unpaired) electrons. The topological polar surface area (TPSA) is 90.1 Å². The van der Waals surface area contributed by atoms with Gasteiger partial charge in [-0.2, -0.15) is 5.10 Å². The molecule has 3 N–H and O–H groups in total. The van der Waals surface area contributed by atoms with Crippen molar-refractivity contribution in [3.05, 3.63) is 17.0 Å². The van der Waals surface area contributed by atoms with Crippen LogP contribution in [-0.2, 0) is 17.8 Å². The summed E-state index contributed by atoms with van der Waals surface area (Å²) in [6, 6.07) is 0.217. The van der Waals surface area contributed by atoms with Crippen molar-refractivity contribution in [3.8, 4) is 0 Å². The van der Waals surface area contributed by atoms with Crippen LogP contribution in [0.2, 0.25) is 0 Å². The van der Waals surface area contributed by atoms with Gasteiger partial charge in [-0.15, -0.1) is 0 Å². The number of fused-ring (bicyclic) bond motifs is 2. The van der Waals surface area contributed by atoms with E-state index in [4.69, 9.17) is 0 Å². The molecule has 3 heterocycles. The van der Waals surface area contributed by atoms with Gasteiger partial charge in [-0.25, -0.2) is 0 Å². The number of aromatic amines is 1. The maximum absolute atomic E-state index is 13.0. The number of hydrogen-bond donors (Lipinski definition) is 3. The van der Waals surface area contributed by atoms with Gasteiger partial charge in [0.05, 0.1) is 6.04 Å². The van der Waals surface area contributed by atoms with Crippen LogP contribution in [0, 0.1) is 0 Å². The molecular formula is C15H21N5O2. The Bertz CT molecular complexity index is 611. The number of piperazine rings is 1. The lowest BCUT2D eigenvalue weighted by Gasteiger charge is -2.43. The molecule has 0 aromatic carbocycles. The minimum absolute atomic E-state index is 0.0565. The van der Waals surface area contributed by atoms with Crippen LogP contribution >= 0.6 is 0 Å². The number of carbonyl (C=O) groups excluding carboxylic acids is 2. The van der Waals surface area contributed by atoms with E-state index in [2.05, 4.69) is 20.8 Å². The largest absolute Gasteiger partial charge is 0.350 e. The average Bonchev–Trinajstić information content (AvgIpc) is 2.97. The monoisotopic (exact) mass is 303 g/mol. The van der Waals surface area contributed by atoms with Crippen LogP contribution in [-0.4, -0.2) is 52.1 Å². The van der Waals surface area contributed by atoms with E-state index < -0.39 is 0 Å². The van der Waals surface area contributed by atoms with Crippen LogP contribution in [0.15, 0.2) is 0 Å². The fourth-order valence-corrected chi connectivity index (χ4v) is 3.94. The standard InChI is InChI=1S/C15H21N5O2/c21-13-8-20(12-4-2-1-3-11(12)17-13)15(22)14-9-7-16-6-5-10(9)18-19-14/h11-12,16H,1-8H2,(H,17,21)(H,18,19)/t11-,12-/m0/s1. The number of nitrogens with one attached hydrogen (secondary N) is 3. The highest BCUT2D eigenvalue weighted by atomic mass is 16.2. The molecule has 1 saturated carbocycles. The van der Waals surface area contributed by atoms with Crippen LogP contribution in [0.4, 0.5) is 0 Å². The molecular weight excluding hydrogens is 282 g/mol. The summed E-state index contributed by atoms with van der Waals surface area (Å²) < 4.78 is 0. The third kappa shape index (κ3) is 2.20. The molecule has 3 aliphatic rings. The Morgan fingerprint density at radius 2 is 2.14 bits per heavy atom. The van der Waals surface area contributed by atoms with Crippen molar-refractivity contribution in [1.82, 2.24) is 25.7 Å². The van der Waals surface area contributed by atoms with Gasteiger partial charge in [0, 0.05) is 36.8 Å². The lowest BCUT2D eigenvalue weighted by Crippen LogP contribution is -2.63. The van der Waals surface area contributed by atoms with Gasteiger partial charge in [0.2, 0.25) is 5.91 Å². The highest BCUT2D eigenvalue weighted by Crippen LogP contribution is 2.28. The van der Waals surface area contributed by atoms with Crippen molar-refractivity contribution < 1.29 is 9.59 Å². The zero-order chi connectivity index (χ0) is 15.1. The van der Waals surface area contributed by atoms with E-state index in [-0.39, 0.29) is 30.4 Å². The van der Waals surface area contributed by atoms with E-state index >= 15 is 0 Å². The second-order valence-electron chi connectivity index (χ2n) is 6.41. The van der Waals surface area contributed by atoms with Crippen molar-refractivity contribution in [2.24, 2.45) is 0 Å². The molecule has 1 aromatic heterocycles. The van der Waals surface area contributed by atoms with Crippen LogP contribution < -0.4 is 10.6 Å². The van der Waals surface area contributed by atoms with Gasteiger partial charge in [-0.1, -0.05) is 12.8 Å². The number of rotatable bonds is 1. The first-order chi connectivity index (χ1) is 10.7. The number of hydrogen-bond acceptors (Lipinski definition) is 4. The Morgan fingerprint density at radius 3 is 3.05 bits per heavy atom. The molecule has 7 nitrogen and oxygen atoms in total. The van der Waals surface area contributed by atoms with Gasteiger partial charge in [0.1, 0.15) is 6.54 Å². The molecule has 0 unspecified atom stereocenters. The molecule has 1 saturated heterocycles. The van der Waals surface area contributed by atoms with Gasteiger partial charge in [0.15, 0.2) is 5.69 Å². The first kappa shape index (κ1) is 13.8. The minimum atomic E-state index is -0.104. The zero-order valence-electron chi connectivity index (χ0n) is 12.5. The molecule has 1 aromatic rings. The van der Waals surface area contributed by atoms with Crippen LogP contribution in [0.1, 0.15) is 47.4 Å². The lowest BCUT2D eigenvalue weighted by molar-refractivity contribution is -0.127. The predicted molar refractivity (Wildman–Crippen MR) is 79.2 cm³/mol. The summed E-state index contributed by atoms with van der Waals surface area (Å²) in [5.41, 5.74) is 2.50. The molecule has 2 atom stereocenters. The summed E-state index contributed by atoms with van der Waals surface area (Å²) in [5.74, 6) is -0.160. The first-order valence-corrected chi connectivity index (χ1v) is 8.11. The second-order valence-corrected chi connectivity index (χ2v) is 6.41.